The molecule has 0 radical (unpaired) electrons. The maximum atomic E-state index is 13.1. The molecule has 0 spiro atoms. The standard InChI is InChI=1S/C26H24N2O4/c1-28(16-17-7-10-24(31-2)23(29)13-17)26(30)19-8-9-20-18(14-19)5-4-6-21(20)22-11-12-27-15-25(22)32-3/h4-15,29H,16H2,1-3H3. The van der Waals surface area contributed by atoms with Crippen molar-refractivity contribution in [1.82, 2.24) is 9.88 Å². The number of aromatic nitrogens is 1. The molecule has 0 fully saturated rings. The fourth-order valence-electron chi connectivity index (χ4n) is 3.82. The fourth-order valence-corrected chi connectivity index (χ4v) is 3.82. The number of fused-ring (bicyclic) bond motifs is 1. The Labute approximate surface area is 186 Å². The van der Waals surface area contributed by atoms with Crippen molar-refractivity contribution in [3.63, 3.8) is 0 Å². The Morgan fingerprint density at radius 1 is 0.969 bits per heavy atom. The van der Waals surface area contributed by atoms with Crippen LogP contribution in [-0.4, -0.2) is 42.2 Å². The minimum absolute atomic E-state index is 0.0515. The number of phenolic OH excluding ortho intramolecular Hbond substituents is 1. The molecule has 1 heterocycles. The van der Waals surface area contributed by atoms with E-state index in [9.17, 15) is 9.90 Å². The number of aromatic hydroxyl groups is 1. The van der Waals surface area contributed by atoms with Gasteiger partial charge in [-0.25, -0.2) is 0 Å². The summed E-state index contributed by atoms with van der Waals surface area (Å²) in [6, 6.07) is 18.7. The Kier molecular flexibility index (Phi) is 5.94. The van der Waals surface area contributed by atoms with Crippen LogP contribution < -0.4 is 9.47 Å². The highest BCUT2D eigenvalue weighted by molar-refractivity contribution is 6.03. The second-order valence-corrected chi connectivity index (χ2v) is 7.48. The summed E-state index contributed by atoms with van der Waals surface area (Å²) in [7, 11) is 4.87. The van der Waals surface area contributed by atoms with E-state index in [4.69, 9.17) is 9.47 Å². The van der Waals surface area contributed by atoms with Crippen LogP contribution in [0, 0.1) is 0 Å². The average Bonchev–Trinajstić information content (AvgIpc) is 2.83. The molecule has 0 aliphatic heterocycles. The van der Waals surface area contributed by atoms with Crippen LogP contribution in [0.15, 0.2) is 73.1 Å². The van der Waals surface area contributed by atoms with Crippen LogP contribution in [0.1, 0.15) is 15.9 Å². The first-order valence-electron chi connectivity index (χ1n) is 10.1. The Balaban J connectivity index is 1.62. The number of hydrogen-bond donors (Lipinski definition) is 1. The fraction of sp³-hybridized carbons (Fsp3) is 0.154. The van der Waals surface area contributed by atoms with Gasteiger partial charge in [-0.05, 0) is 52.2 Å². The zero-order valence-corrected chi connectivity index (χ0v) is 18.2. The first-order valence-corrected chi connectivity index (χ1v) is 10.1. The predicted molar refractivity (Wildman–Crippen MR) is 124 cm³/mol. The van der Waals surface area contributed by atoms with Crippen molar-refractivity contribution in [2.45, 2.75) is 6.54 Å². The number of carbonyl (C=O) groups excluding carboxylic acids is 1. The minimum atomic E-state index is -0.103. The molecule has 0 saturated heterocycles. The van der Waals surface area contributed by atoms with Crippen LogP contribution in [0.5, 0.6) is 17.2 Å². The van der Waals surface area contributed by atoms with Gasteiger partial charge in [-0.15, -0.1) is 0 Å². The Bertz CT molecular complexity index is 1290. The van der Waals surface area contributed by atoms with Gasteiger partial charge < -0.3 is 19.5 Å². The minimum Gasteiger partial charge on any atom is -0.504 e. The van der Waals surface area contributed by atoms with E-state index in [0.717, 1.165) is 27.5 Å². The summed E-state index contributed by atoms with van der Waals surface area (Å²) >= 11 is 0. The highest BCUT2D eigenvalue weighted by Crippen LogP contribution is 2.34. The summed E-state index contributed by atoms with van der Waals surface area (Å²) in [5.41, 5.74) is 3.37. The van der Waals surface area contributed by atoms with Crippen molar-refractivity contribution in [3.05, 3.63) is 84.2 Å². The maximum absolute atomic E-state index is 13.1. The molecule has 162 valence electrons. The molecule has 6 heteroatoms. The molecule has 1 N–H and O–H groups in total. The topological polar surface area (TPSA) is 71.9 Å². The molecule has 1 amide bonds. The van der Waals surface area contributed by atoms with E-state index in [1.165, 1.54) is 7.11 Å². The summed E-state index contributed by atoms with van der Waals surface area (Å²) in [6.45, 7) is 0.364. The second-order valence-electron chi connectivity index (χ2n) is 7.48. The van der Waals surface area contributed by atoms with E-state index in [1.54, 1.807) is 43.6 Å². The van der Waals surface area contributed by atoms with Gasteiger partial charge in [0.2, 0.25) is 0 Å². The van der Waals surface area contributed by atoms with E-state index in [0.29, 0.717) is 23.6 Å². The Morgan fingerprint density at radius 2 is 1.78 bits per heavy atom. The first kappa shape index (κ1) is 21.2. The lowest BCUT2D eigenvalue weighted by Crippen LogP contribution is -2.26. The lowest BCUT2D eigenvalue weighted by Gasteiger charge is -2.18. The number of benzene rings is 3. The number of rotatable bonds is 6. The second kappa shape index (κ2) is 8.98. The van der Waals surface area contributed by atoms with Crippen molar-refractivity contribution < 1.29 is 19.4 Å². The molecule has 1 aromatic heterocycles. The lowest BCUT2D eigenvalue weighted by atomic mass is 9.97. The van der Waals surface area contributed by atoms with Gasteiger partial charge >= 0.3 is 0 Å². The summed E-state index contributed by atoms with van der Waals surface area (Å²) in [5.74, 6) is 1.05. The summed E-state index contributed by atoms with van der Waals surface area (Å²) in [6.07, 6.45) is 3.43. The number of amides is 1. The molecule has 32 heavy (non-hydrogen) atoms. The van der Waals surface area contributed by atoms with E-state index < -0.39 is 0 Å². The Hall–Kier alpha value is -4.06. The number of ether oxygens (including phenoxy) is 2. The lowest BCUT2D eigenvalue weighted by molar-refractivity contribution is 0.0785. The monoisotopic (exact) mass is 428 g/mol. The number of methoxy groups -OCH3 is 2. The normalized spacial score (nSPS) is 10.7. The first-order chi connectivity index (χ1) is 15.5. The largest absolute Gasteiger partial charge is 0.504 e. The van der Waals surface area contributed by atoms with E-state index in [1.807, 2.05) is 48.5 Å². The molecule has 3 aromatic carbocycles. The number of nitrogens with zero attached hydrogens (tertiary/aromatic N) is 2. The molecule has 4 aromatic rings. The zero-order valence-electron chi connectivity index (χ0n) is 18.2. The summed E-state index contributed by atoms with van der Waals surface area (Å²) in [5, 5.41) is 12.0. The van der Waals surface area contributed by atoms with Crippen molar-refractivity contribution in [2.75, 3.05) is 21.3 Å². The van der Waals surface area contributed by atoms with Gasteiger partial charge in [-0.3, -0.25) is 9.78 Å². The highest BCUT2D eigenvalue weighted by atomic mass is 16.5. The molecular formula is C26H24N2O4. The zero-order chi connectivity index (χ0) is 22.7. The SMILES string of the molecule is COc1ccc(CN(C)C(=O)c2ccc3c(-c4ccncc4OC)cccc3c2)cc1O. The van der Waals surface area contributed by atoms with E-state index in [2.05, 4.69) is 4.98 Å². The van der Waals surface area contributed by atoms with Crippen molar-refractivity contribution >= 4 is 16.7 Å². The van der Waals surface area contributed by atoms with Gasteiger partial charge in [-0.1, -0.05) is 30.3 Å². The third-order valence-electron chi connectivity index (χ3n) is 5.43. The molecule has 0 bridgehead atoms. The van der Waals surface area contributed by atoms with Gasteiger partial charge in [0.05, 0.1) is 20.4 Å². The van der Waals surface area contributed by atoms with Crippen LogP contribution in [0.2, 0.25) is 0 Å². The third kappa shape index (κ3) is 4.07. The highest BCUT2D eigenvalue weighted by Gasteiger charge is 2.15. The van der Waals surface area contributed by atoms with Gasteiger partial charge in [-0.2, -0.15) is 0 Å². The average molecular weight is 428 g/mol. The molecule has 6 nitrogen and oxygen atoms in total. The van der Waals surface area contributed by atoms with Crippen LogP contribution >= 0.6 is 0 Å². The Morgan fingerprint density at radius 3 is 2.53 bits per heavy atom. The maximum Gasteiger partial charge on any atom is 0.253 e. The molecule has 0 aliphatic carbocycles. The van der Waals surface area contributed by atoms with Crippen molar-refractivity contribution in [1.29, 1.82) is 0 Å². The summed E-state index contributed by atoms with van der Waals surface area (Å²) < 4.78 is 10.5. The van der Waals surface area contributed by atoms with E-state index in [-0.39, 0.29) is 11.7 Å². The van der Waals surface area contributed by atoms with Gasteiger partial charge in [0.15, 0.2) is 11.5 Å². The van der Waals surface area contributed by atoms with E-state index >= 15 is 0 Å². The molecule has 0 saturated carbocycles. The molecule has 0 atom stereocenters. The third-order valence-corrected chi connectivity index (χ3v) is 5.43. The quantitative estimate of drug-likeness (QED) is 0.473. The molecule has 0 unspecified atom stereocenters. The molecule has 4 rings (SSSR count). The number of pyridine rings is 1. The number of hydrogen-bond acceptors (Lipinski definition) is 5. The number of carbonyl (C=O) groups is 1. The predicted octanol–water partition coefficient (Wildman–Crippen LogP) is 4.90. The van der Waals surface area contributed by atoms with Crippen molar-refractivity contribution in [3.8, 4) is 28.4 Å². The summed E-state index contributed by atoms with van der Waals surface area (Å²) in [4.78, 5) is 18.8. The van der Waals surface area contributed by atoms with Crippen LogP contribution in [0.3, 0.4) is 0 Å². The number of phenols is 1. The van der Waals surface area contributed by atoms with Crippen molar-refractivity contribution in [2.24, 2.45) is 0 Å². The van der Waals surface area contributed by atoms with Gasteiger partial charge in [0.1, 0.15) is 5.75 Å². The molecule has 0 aliphatic rings. The van der Waals surface area contributed by atoms with Gasteiger partial charge in [0.25, 0.3) is 5.91 Å². The van der Waals surface area contributed by atoms with Gasteiger partial charge in [0, 0.05) is 30.9 Å². The van der Waals surface area contributed by atoms with Crippen LogP contribution in [-0.2, 0) is 6.54 Å². The van der Waals surface area contributed by atoms with Crippen LogP contribution in [0.25, 0.3) is 21.9 Å². The molecular weight excluding hydrogens is 404 g/mol. The van der Waals surface area contributed by atoms with Crippen LogP contribution in [0.4, 0.5) is 0 Å². The smallest absolute Gasteiger partial charge is 0.253 e.